The fourth-order valence-electron chi connectivity index (χ4n) is 2.11. The minimum Gasteiger partial charge on any atom is -0.350 e. The Kier molecular flexibility index (Phi) is 3.16. The molecule has 1 fully saturated rings. The Morgan fingerprint density at radius 1 is 1.53 bits per heavy atom. The predicted molar refractivity (Wildman–Crippen MR) is 58.2 cm³/mol. The van der Waals surface area contributed by atoms with Gasteiger partial charge in [0.05, 0.1) is 0 Å². The molecule has 3 nitrogen and oxygen atoms in total. The molecular weight excluding hydrogens is 193 g/mol. The number of hydrogen-bond donors (Lipinski definition) is 1. The molecule has 1 saturated heterocycles. The van der Waals surface area contributed by atoms with Crippen LogP contribution in [0.15, 0.2) is 18.3 Å². The van der Waals surface area contributed by atoms with E-state index in [1.54, 1.807) is 12.3 Å². The molecule has 0 aliphatic carbocycles. The maximum atomic E-state index is 13.5. The van der Waals surface area contributed by atoms with Crippen molar-refractivity contribution in [3.63, 3.8) is 0 Å². The minimum absolute atomic E-state index is 0.239. The van der Waals surface area contributed by atoms with Gasteiger partial charge in [-0.15, -0.1) is 0 Å². The van der Waals surface area contributed by atoms with Crippen LogP contribution in [0.5, 0.6) is 0 Å². The topological polar surface area (TPSA) is 42.1 Å². The van der Waals surface area contributed by atoms with E-state index in [1.165, 1.54) is 12.5 Å². The van der Waals surface area contributed by atoms with Gasteiger partial charge < -0.3 is 10.6 Å². The molecular formula is C11H16FN3. The van der Waals surface area contributed by atoms with Gasteiger partial charge in [0.25, 0.3) is 0 Å². The van der Waals surface area contributed by atoms with Crippen LogP contribution < -0.4 is 10.6 Å². The van der Waals surface area contributed by atoms with E-state index in [1.807, 2.05) is 4.90 Å². The predicted octanol–water partition coefficient (Wildman–Crippen LogP) is 1.54. The molecule has 0 radical (unpaired) electrons. The third-order valence-electron chi connectivity index (χ3n) is 2.91. The number of anilines is 1. The first-order valence-electron chi connectivity index (χ1n) is 5.40. The van der Waals surface area contributed by atoms with Crippen LogP contribution in [-0.4, -0.2) is 24.1 Å². The Morgan fingerprint density at radius 3 is 3.13 bits per heavy atom. The van der Waals surface area contributed by atoms with Gasteiger partial charge in [0.1, 0.15) is 0 Å². The SMILES string of the molecule is NCC1CCCCN1c1ncccc1F. The lowest BCUT2D eigenvalue weighted by molar-refractivity contribution is 0.453. The lowest BCUT2D eigenvalue weighted by Gasteiger charge is -2.36. The third kappa shape index (κ3) is 2.09. The maximum absolute atomic E-state index is 13.5. The second-order valence-electron chi connectivity index (χ2n) is 3.89. The van der Waals surface area contributed by atoms with Gasteiger partial charge in [0, 0.05) is 25.3 Å². The summed E-state index contributed by atoms with van der Waals surface area (Å²) in [6.45, 7) is 1.42. The van der Waals surface area contributed by atoms with Crippen molar-refractivity contribution < 1.29 is 4.39 Å². The number of rotatable bonds is 2. The summed E-state index contributed by atoms with van der Waals surface area (Å²) in [6.07, 6.45) is 4.92. The molecule has 4 heteroatoms. The molecule has 1 aliphatic rings. The third-order valence-corrected chi connectivity index (χ3v) is 2.91. The number of aromatic nitrogens is 1. The monoisotopic (exact) mass is 209 g/mol. The molecule has 1 aromatic heterocycles. The van der Waals surface area contributed by atoms with Gasteiger partial charge in [-0.2, -0.15) is 0 Å². The molecule has 0 aromatic carbocycles. The Morgan fingerprint density at radius 2 is 2.40 bits per heavy atom. The highest BCUT2D eigenvalue weighted by atomic mass is 19.1. The Hall–Kier alpha value is -1.16. The number of halogens is 1. The van der Waals surface area contributed by atoms with Crippen LogP contribution in [0.25, 0.3) is 0 Å². The summed E-state index contributed by atoms with van der Waals surface area (Å²) >= 11 is 0. The molecule has 15 heavy (non-hydrogen) atoms. The summed E-state index contributed by atoms with van der Waals surface area (Å²) in [5.41, 5.74) is 5.69. The lowest BCUT2D eigenvalue weighted by atomic mass is 10.0. The second-order valence-corrected chi connectivity index (χ2v) is 3.89. The summed E-state index contributed by atoms with van der Waals surface area (Å²) < 4.78 is 13.5. The summed E-state index contributed by atoms with van der Waals surface area (Å²) in [4.78, 5) is 6.09. The van der Waals surface area contributed by atoms with Crippen molar-refractivity contribution in [3.8, 4) is 0 Å². The largest absolute Gasteiger partial charge is 0.350 e. The van der Waals surface area contributed by atoms with Crippen LogP contribution in [0.1, 0.15) is 19.3 Å². The lowest BCUT2D eigenvalue weighted by Crippen LogP contribution is -2.45. The molecule has 0 spiro atoms. The average molecular weight is 209 g/mol. The standard InChI is InChI=1S/C11H16FN3/c12-10-5-3-6-14-11(10)15-7-2-1-4-9(15)8-13/h3,5-6,9H,1-2,4,7-8,13H2. The number of pyridine rings is 1. The van der Waals surface area contributed by atoms with E-state index in [0.29, 0.717) is 12.4 Å². The van der Waals surface area contributed by atoms with Crippen LogP contribution in [0.4, 0.5) is 10.2 Å². The van der Waals surface area contributed by atoms with Gasteiger partial charge in [-0.05, 0) is 31.4 Å². The molecule has 0 bridgehead atoms. The fraction of sp³-hybridized carbons (Fsp3) is 0.545. The molecule has 1 aliphatic heterocycles. The van der Waals surface area contributed by atoms with Crippen LogP contribution in [0.3, 0.4) is 0 Å². The van der Waals surface area contributed by atoms with Crippen molar-refractivity contribution >= 4 is 5.82 Å². The normalized spacial score (nSPS) is 21.7. The van der Waals surface area contributed by atoms with Gasteiger partial charge in [0.15, 0.2) is 11.6 Å². The van der Waals surface area contributed by atoms with E-state index in [2.05, 4.69) is 4.98 Å². The zero-order chi connectivity index (χ0) is 10.7. The molecule has 2 N–H and O–H groups in total. The number of piperidine rings is 1. The average Bonchev–Trinajstić information content (AvgIpc) is 2.30. The van der Waals surface area contributed by atoms with Gasteiger partial charge >= 0.3 is 0 Å². The Labute approximate surface area is 89.1 Å². The van der Waals surface area contributed by atoms with Crippen molar-refractivity contribution in [1.29, 1.82) is 0 Å². The summed E-state index contributed by atoms with van der Waals surface area (Å²) in [5.74, 6) is 0.200. The highest BCUT2D eigenvalue weighted by Gasteiger charge is 2.24. The molecule has 0 saturated carbocycles. The van der Waals surface area contributed by atoms with Crippen LogP contribution in [0, 0.1) is 5.82 Å². The quantitative estimate of drug-likeness (QED) is 0.803. The summed E-state index contributed by atoms with van der Waals surface area (Å²) in [7, 11) is 0. The van der Waals surface area contributed by atoms with E-state index in [4.69, 9.17) is 5.73 Å². The van der Waals surface area contributed by atoms with E-state index >= 15 is 0 Å². The highest BCUT2D eigenvalue weighted by Crippen LogP contribution is 2.24. The van der Waals surface area contributed by atoms with Gasteiger partial charge in [0.2, 0.25) is 0 Å². The zero-order valence-corrected chi connectivity index (χ0v) is 8.69. The van der Waals surface area contributed by atoms with Gasteiger partial charge in [-0.3, -0.25) is 0 Å². The van der Waals surface area contributed by atoms with Crippen LogP contribution >= 0.6 is 0 Å². The van der Waals surface area contributed by atoms with E-state index in [0.717, 1.165) is 19.4 Å². The maximum Gasteiger partial charge on any atom is 0.165 e. The van der Waals surface area contributed by atoms with Crippen LogP contribution in [-0.2, 0) is 0 Å². The molecule has 1 atom stereocenters. The van der Waals surface area contributed by atoms with Crippen molar-refractivity contribution in [2.75, 3.05) is 18.0 Å². The van der Waals surface area contributed by atoms with Crippen molar-refractivity contribution in [2.45, 2.75) is 25.3 Å². The van der Waals surface area contributed by atoms with Crippen molar-refractivity contribution in [2.24, 2.45) is 5.73 Å². The fourth-order valence-corrected chi connectivity index (χ4v) is 2.11. The second kappa shape index (κ2) is 4.57. The number of nitrogens with zero attached hydrogens (tertiary/aromatic N) is 2. The summed E-state index contributed by atoms with van der Waals surface area (Å²) in [6, 6.07) is 3.30. The number of nitrogens with two attached hydrogens (primary N) is 1. The molecule has 2 rings (SSSR count). The Bertz CT molecular complexity index is 329. The first-order chi connectivity index (χ1) is 7.33. The first-order valence-corrected chi connectivity index (χ1v) is 5.40. The van der Waals surface area contributed by atoms with E-state index < -0.39 is 0 Å². The zero-order valence-electron chi connectivity index (χ0n) is 8.69. The molecule has 0 amide bonds. The first kappa shape index (κ1) is 10.4. The number of hydrogen-bond acceptors (Lipinski definition) is 3. The Balaban J connectivity index is 2.24. The van der Waals surface area contributed by atoms with Gasteiger partial charge in [-0.1, -0.05) is 0 Å². The minimum atomic E-state index is -0.252. The summed E-state index contributed by atoms with van der Waals surface area (Å²) in [5, 5.41) is 0. The van der Waals surface area contributed by atoms with E-state index in [9.17, 15) is 4.39 Å². The molecule has 2 heterocycles. The molecule has 1 unspecified atom stereocenters. The van der Waals surface area contributed by atoms with Crippen molar-refractivity contribution in [3.05, 3.63) is 24.1 Å². The van der Waals surface area contributed by atoms with E-state index in [-0.39, 0.29) is 11.9 Å². The smallest absolute Gasteiger partial charge is 0.165 e. The molecule has 82 valence electrons. The van der Waals surface area contributed by atoms with Crippen LogP contribution in [0.2, 0.25) is 0 Å². The van der Waals surface area contributed by atoms with Crippen molar-refractivity contribution in [1.82, 2.24) is 4.98 Å². The van der Waals surface area contributed by atoms with Gasteiger partial charge in [-0.25, -0.2) is 9.37 Å². The molecule has 1 aromatic rings. The highest BCUT2D eigenvalue weighted by molar-refractivity contribution is 5.41.